The van der Waals surface area contributed by atoms with Crippen molar-refractivity contribution in [2.75, 3.05) is 26.3 Å². The monoisotopic (exact) mass is 509 g/mol. The lowest BCUT2D eigenvalue weighted by Crippen LogP contribution is -2.45. The first kappa shape index (κ1) is 24.2. The van der Waals surface area contributed by atoms with Crippen molar-refractivity contribution in [3.8, 4) is 34.0 Å². The highest BCUT2D eigenvalue weighted by molar-refractivity contribution is 5.87. The number of hydrogen-bond donors (Lipinski definition) is 1. The van der Waals surface area contributed by atoms with Crippen LogP contribution in [0.2, 0.25) is 0 Å². The number of amides is 1. The van der Waals surface area contributed by atoms with Gasteiger partial charge in [0.2, 0.25) is 11.7 Å². The van der Waals surface area contributed by atoms with Gasteiger partial charge in [-0.05, 0) is 31.9 Å². The lowest BCUT2D eigenvalue weighted by molar-refractivity contribution is -0.127. The number of likely N-dealkylation sites (tertiary alicyclic amines) is 1. The van der Waals surface area contributed by atoms with Gasteiger partial charge in [0.05, 0.1) is 36.4 Å². The van der Waals surface area contributed by atoms with Crippen LogP contribution in [-0.2, 0) is 4.79 Å². The van der Waals surface area contributed by atoms with E-state index in [1.165, 1.54) is 6.08 Å². The fraction of sp³-hybridized carbons (Fsp3) is 0.300. The second-order valence-electron chi connectivity index (χ2n) is 9.65. The van der Waals surface area contributed by atoms with Crippen molar-refractivity contribution in [2.45, 2.75) is 31.8 Å². The van der Waals surface area contributed by atoms with Gasteiger partial charge >= 0.3 is 0 Å². The van der Waals surface area contributed by atoms with E-state index in [4.69, 9.17) is 14.5 Å². The maximum atomic E-state index is 11.9. The van der Waals surface area contributed by atoms with E-state index in [-0.39, 0.29) is 11.9 Å². The Morgan fingerprint density at radius 2 is 2.00 bits per heavy atom. The molecule has 38 heavy (non-hydrogen) atoms. The van der Waals surface area contributed by atoms with Crippen molar-refractivity contribution in [3.63, 3.8) is 0 Å². The van der Waals surface area contributed by atoms with E-state index in [1.807, 2.05) is 40.6 Å². The van der Waals surface area contributed by atoms with Crippen molar-refractivity contribution >= 4 is 11.7 Å². The summed E-state index contributed by atoms with van der Waals surface area (Å²) in [6.07, 6.45) is 6.89. The van der Waals surface area contributed by atoms with Gasteiger partial charge in [0.15, 0.2) is 5.75 Å². The predicted molar refractivity (Wildman–Crippen MR) is 146 cm³/mol. The molecule has 1 N–H and O–H groups in total. The topological polar surface area (TPSA) is 81.0 Å². The molecule has 0 saturated carbocycles. The molecule has 1 amide bonds. The average Bonchev–Trinajstić information content (AvgIpc) is 3.54. The molecule has 0 radical (unpaired) electrons. The van der Waals surface area contributed by atoms with Crippen LogP contribution < -0.4 is 14.8 Å². The number of carbonyl (C=O) groups excluding carboxylic acids is 1. The third kappa shape index (κ3) is 4.52. The lowest BCUT2D eigenvalue weighted by atomic mass is 9.99. The van der Waals surface area contributed by atoms with E-state index in [1.54, 1.807) is 6.20 Å². The van der Waals surface area contributed by atoms with Gasteiger partial charge in [0.25, 0.3) is 0 Å². The van der Waals surface area contributed by atoms with Crippen molar-refractivity contribution in [2.24, 2.45) is 0 Å². The standard InChI is InChI=1S/C30H31N5O3/c1-3-27(36)34-14-12-22(13-15-34)32-25-19-38-26-16-21(10-11-24(25)26)28-29(20-8-6-5-7-9-20)35-18-23(37-4-2)17-31-30(35)33-28/h3,5-11,16-18,22,25,32H,1,4,12-15,19H2,2H3/t25-/m0/s1. The first-order valence-corrected chi connectivity index (χ1v) is 13.2. The Balaban J connectivity index is 1.29. The highest BCUT2D eigenvalue weighted by atomic mass is 16.5. The van der Waals surface area contributed by atoms with Crippen LogP contribution in [0.4, 0.5) is 0 Å². The minimum atomic E-state index is 0.0108. The molecule has 2 aliphatic rings. The third-order valence-electron chi connectivity index (χ3n) is 7.30. The zero-order valence-corrected chi connectivity index (χ0v) is 21.5. The zero-order valence-electron chi connectivity index (χ0n) is 21.5. The number of aromatic nitrogens is 3. The number of hydrogen-bond acceptors (Lipinski definition) is 6. The Labute approximate surface area is 221 Å². The molecule has 6 rings (SSSR count). The van der Waals surface area contributed by atoms with E-state index < -0.39 is 0 Å². The largest absolute Gasteiger partial charge is 0.491 e. The normalized spacial score (nSPS) is 17.3. The summed E-state index contributed by atoms with van der Waals surface area (Å²) in [6, 6.07) is 17.0. The molecule has 8 nitrogen and oxygen atoms in total. The zero-order chi connectivity index (χ0) is 26.1. The van der Waals surface area contributed by atoms with Crippen LogP contribution >= 0.6 is 0 Å². The molecule has 4 heterocycles. The average molecular weight is 510 g/mol. The van der Waals surface area contributed by atoms with Gasteiger partial charge in [0, 0.05) is 35.8 Å². The lowest BCUT2D eigenvalue weighted by Gasteiger charge is -2.33. The summed E-state index contributed by atoms with van der Waals surface area (Å²) in [4.78, 5) is 23.2. The Morgan fingerprint density at radius 1 is 1.18 bits per heavy atom. The molecule has 1 saturated heterocycles. The predicted octanol–water partition coefficient (Wildman–Crippen LogP) is 4.66. The van der Waals surface area contributed by atoms with Crippen LogP contribution in [0.3, 0.4) is 0 Å². The summed E-state index contributed by atoms with van der Waals surface area (Å²) in [6.45, 7) is 8.21. The maximum absolute atomic E-state index is 11.9. The quantitative estimate of drug-likeness (QED) is 0.365. The molecule has 0 spiro atoms. The van der Waals surface area contributed by atoms with E-state index in [0.717, 1.165) is 59.8 Å². The number of rotatable bonds is 7. The first-order valence-electron chi connectivity index (χ1n) is 13.2. The summed E-state index contributed by atoms with van der Waals surface area (Å²) in [5, 5.41) is 3.76. The Bertz CT molecular complexity index is 1470. The molecule has 0 bridgehead atoms. The van der Waals surface area contributed by atoms with Gasteiger partial charge in [-0.3, -0.25) is 9.20 Å². The molecule has 8 heteroatoms. The van der Waals surface area contributed by atoms with E-state index in [9.17, 15) is 4.79 Å². The highest BCUT2D eigenvalue weighted by Crippen LogP contribution is 2.39. The third-order valence-corrected chi connectivity index (χ3v) is 7.30. The summed E-state index contributed by atoms with van der Waals surface area (Å²) in [7, 11) is 0. The van der Waals surface area contributed by atoms with Gasteiger partial charge in [-0.25, -0.2) is 9.97 Å². The van der Waals surface area contributed by atoms with Crippen LogP contribution in [0.1, 0.15) is 31.4 Å². The fourth-order valence-electron chi connectivity index (χ4n) is 5.41. The Morgan fingerprint density at radius 3 is 2.76 bits per heavy atom. The van der Waals surface area contributed by atoms with Gasteiger partial charge in [-0.1, -0.05) is 49.0 Å². The van der Waals surface area contributed by atoms with Crippen LogP contribution in [0.5, 0.6) is 11.5 Å². The SMILES string of the molecule is C=CC(=O)N1CCC(N[C@H]2COc3cc(-c4nc5ncc(OCC)cn5c4-c4ccccc4)ccc32)CC1. The number of ether oxygens (including phenoxy) is 2. The second kappa shape index (κ2) is 10.3. The molecule has 1 fully saturated rings. The van der Waals surface area contributed by atoms with Crippen LogP contribution in [0, 0.1) is 0 Å². The molecule has 1 atom stereocenters. The molecule has 4 aromatic rings. The number of piperidine rings is 1. The summed E-state index contributed by atoms with van der Waals surface area (Å²) in [5.74, 6) is 2.20. The number of nitrogens with one attached hydrogen (secondary N) is 1. The number of nitrogens with zero attached hydrogens (tertiary/aromatic N) is 4. The molecule has 2 aromatic heterocycles. The molecular formula is C30H31N5O3. The van der Waals surface area contributed by atoms with Crippen molar-refractivity contribution in [1.82, 2.24) is 24.6 Å². The minimum Gasteiger partial charge on any atom is -0.491 e. The van der Waals surface area contributed by atoms with Gasteiger partial charge in [-0.2, -0.15) is 0 Å². The number of imidazole rings is 1. The van der Waals surface area contributed by atoms with Gasteiger partial charge in [-0.15, -0.1) is 0 Å². The van der Waals surface area contributed by atoms with E-state index in [2.05, 4.69) is 47.2 Å². The van der Waals surface area contributed by atoms with E-state index >= 15 is 0 Å². The Hall–Kier alpha value is -4.17. The summed E-state index contributed by atoms with van der Waals surface area (Å²) < 4.78 is 13.9. The minimum absolute atomic E-state index is 0.0108. The number of fused-ring (bicyclic) bond motifs is 2. The smallest absolute Gasteiger partial charge is 0.245 e. The molecular weight excluding hydrogens is 478 g/mol. The van der Waals surface area contributed by atoms with Crippen molar-refractivity contribution in [3.05, 3.63) is 79.1 Å². The molecule has 2 aromatic carbocycles. The second-order valence-corrected chi connectivity index (χ2v) is 9.65. The molecule has 194 valence electrons. The maximum Gasteiger partial charge on any atom is 0.245 e. The van der Waals surface area contributed by atoms with Crippen LogP contribution in [-0.4, -0.2) is 57.5 Å². The molecule has 2 aliphatic heterocycles. The molecule has 0 aliphatic carbocycles. The van der Waals surface area contributed by atoms with Crippen LogP contribution in [0.15, 0.2) is 73.6 Å². The fourth-order valence-corrected chi connectivity index (χ4v) is 5.41. The van der Waals surface area contributed by atoms with Gasteiger partial charge < -0.3 is 19.7 Å². The van der Waals surface area contributed by atoms with Crippen molar-refractivity contribution in [1.29, 1.82) is 0 Å². The summed E-state index contributed by atoms with van der Waals surface area (Å²) >= 11 is 0. The number of carbonyl (C=O) groups is 1. The number of benzene rings is 2. The Kier molecular flexibility index (Phi) is 6.55. The van der Waals surface area contributed by atoms with Crippen molar-refractivity contribution < 1.29 is 14.3 Å². The van der Waals surface area contributed by atoms with E-state index in [0.29, 0.717) is 30.8 Å². The first-order chi connectivity index (χ1) is 18.6. The van der Waals surface area contributed by atoms with Crippen LogP contribution in [0.25, 0.3) is 28.3 Å². The summed E-state index contributed by atoms with van der Waals surface area (Å²) in [5.41, 5.74) is 4.98. The van der Waals surface area contributed by atoms with Gasteiger partial charge in [0.1, 0.15) is 12.4 Å². The highest BCUT2D eigenvalue weighted by Gasteiger charge is 2.30. The molecule has 0 unspecified atom stereocenters.